The number of hydrogen-bond acceptors (Lipinski definition) is 5. The Morgan fingerprint density at radius 3 is 2.27 bits per heavy atom. The van der Waals surface area contributed by atoms with E-state index < -0.39 is 23.8 Å². The maximum absolute atomic E-state index is 14.5. The molecular formula is C35H52ClN3O4S. The number of rotatable bonds is 16. The highest BCUT2D eigenvalue weighted by molar-refractivity contribution is 7.98. The summed E-state index contributed by atoms with van der Waals surface area (Å²) in [5.74, 6) is -0.0149. The van der Waals surface area contributed by atoms with E-state index in [9.17, 15) is 14.4 Å². The molecule has 9 heteroatoms. The highest BCUT2D eigenvalue weighted by atomic mass is 35.5. The van der Waals surface area contributed by atoms with E-state index in [1.165, 1.54) is 6.42 Å². The number of para-hydroxylation sites is 1. The summed E-state index contributed by atoms with van der Waals surface area (Å²) in [6.07, 6.45) is 7.88. The van der Waals surface area contributed by atoms with Gasteiger partial charge in [0.15, 0.2) is 0 Å². The number of alkyl carbamates (subject to hydrolysis) is 1. The van der Waals surface area contributed by atoms with Crippen LogP contribution in [0, 0.1) is 20.8 Å². The van der Waals surface area contributed by atoms with Crippen LogP contribution in [0.25, 0.3) is 0 Å². The van der Waals surface area contributed by atoms with E-state index in [2.05, 4.69) is 17.6 Å². The molecule has 3 amide bonds. The van der Waals surface area contributed by atoms with Crippen LogP contribution in [0.3, 0.4) is 0 Å². The first-order valence-corrected chi connectivity index (χ1v) is 17.5. The van der Waals surface area contributed by atoms with Crippen molar-refractivity contribution in [1.29, 1.82) is 0 Å². The number of amides is 3. The van der Waals surface area contributed by atoms with Gasteiger partial charge in [-0.2, -0.15) is 11.8 Å². The average molecular weight is 646 g/mol. The van der Waals surface area contributed by atoms with Crippen LogP contribution in [-0.4, -0.2) is 53.0 Å². The van der Waals surface area contributed by atoms with Crippen molar-refractivity contribution in [3.8, 4) is 0 Å². The lowest BCUT2D eigenvalue weighted by Crippen LogP contribution is -2.53. The predicted molar refractivity (Wildman–Crippen MR) is 185 cm³/mol. The predicted octanol–water partition coefficient (Wildman–Crippen LogP) is 8.78. The van der Waals surface area contributed by atoms with E-state index in [1.807, 2.05) is 57.4 Å². The highest BCUT2D eigenvalue weighted by Crippen LogP contribution is 2.31. The minimum atomic E-state index is -0.938. The Labute approximate surface area is 274 Å². The fourth-order valence-corrected chi connectivity index (χ4v) is 5.88. The second kappa shape index (κ2) is 18.3. The minimum Gasteiger partial charge on any atom is -0.444 e. The van der Waals surface area contributed by atoms with Crippen molar-refractivity contribution >= 4 is 47.0 Å². The van der Waals surface area contributed by atoms with Gasteiger partial charge in [-0.1, -0.05) is 86.5 Å². The number of anilines is 1. The molecule has 7 nitrogen and oxygen atoms in total. The Hall–Kier alpha value is -2.71. The van der Waals surface area contributed by atoms with Crippen LogP contribution < -0.4 is 10.6 Å². The number of nitrogens with one attached hydrogen (secondary N) is 2. The van der Waals surface area contributed by atoms with Crippen LogP contribution >= 0.6 is 23.4 Å². The Kier molecular flexibility index (Phi) is 15.6. The first-order chi connectivity index (χ1) is 20.8. The van der Waals surface area contributed by atoms with Gasteiger partial charge < -0.3 is 20.3 Å². The molecule has 0 aliphatic heterocycles. The summed E-state index contributed by atoms with van der Waals surface area (Å²) in [7, 11) is 0. The van der Waals surface area contributed by atoms with Crippen molar-refractivity contribution in [3.63, 3.8) is 0 Å². The molecule has 0 bridgehead atoms. The van der Waals surface area contributed by atoms with Crippen molar-refractivity contribution < 1.29 is 19.1 Å². The minimum absolute atomic E-state index is 0.311. The van der Waals surface area contributed by atoms with E-state index >= 15 is 0 Å². The average Bonchev–Trinajstić information content (AvgIpc) is 2.93. The lowest BCUT2D eigenvalue weighted by Gasteiger charge is -2.35. The molecule has 0 saturated heterocycles. The summed E-state index contributed by atoms with van der Waals surface area (Å²) in [6.45, 7) is 13.7. The van der Waals surface area contributed by atoms with Crippen LogP contribution in [-0.2, 0) is 14.3 Å². The molecular weight excluding hydrogens is 594 g/mol. The van der Waals surface area contributed by atoms with Crippen molar-refractivity contribution in [1.82, 2.24) is 10.2 Å². The van der Waals surface area contributed by atoms with E-state index in [0.717, 1.165) is 54.4 Å². The maximum Gasteiger partial charge on any atom is 0.408 e. The second-order valence-corrected chi connectivity index (χ2v) is 13.9. The number of benzene rings is 2. The summed E-state index contributed by atoms with van der Waals surface area (Å²) in [5, 5.41) is 6.30. The molecule has 0 aromatic heterocycles. The number of hydrogen-bond donors (Lipinski definition) is 2. The number of thioether (sulfide) groups is 1. The van der Waals surface area contributed by atoms with E-state index in [4.69, 9.17) is 16.3 Å². The molecule has 2 N–H and O–H groups in total. The molecule has 0 aliphatic rings. The quantitative estimate of drug-likeness (QED) is 0.178. The molecule has 0 fully saturated rings. The molecule has 0 aliphatic carbocycles. The van der Waals surface area contributed by atoms with E-state index in [-0.39, 0.29) is 11.8 Å². The van der Waals surface area contributed by atoms with Crippen LogP contribution in [0.2, 0.25) is 5.02 Å². The molecule has 244 valence electrons. The zero-order chi connectivity index (χ0) is 32.9. The first-order valence-electron chi connectivity index (χ1n) is 15.7. The molecule has 0 heterocycles. The van der Waals surface area contributed by atoms with E-state index in [1.54, 1.807) is 43.5 Å². The zero-order valence-electron chi connectivity index (χ0n) is 27.8. The van der Waals surface area contributed by atoms with Crippen LogP contribution in [0.15, 0.2) is 36.4 Å². The fraction of sp³-hybridized carbons (Fsp3) is 0.571. The summed E-state index contributed by atoms with van der Waals surface area (Å²) in [4.78, 5) is 43.4. The van der Waals surface area contributed by atoms with Crippen molar-refractivity contribution in [3.05, 3.63) is 63.7 Å². The molecule has 0 spiro atoms. The summed E-state index contributed by atoms with van der Waals surface area (Å²) in [5.41, 5.74) is 3.32. The third-order valence-electron chi connectivity index (χ3n) is 7.39. The van der Waals surface area contributed by atoms with Crippen molar-refractivity contribution in [2.75, 3.05) is 23.9 Å². The van der Waals surface area contributed by atoms with Gasteiger partial charge in [-0.3, -0.25) is 9.59 Å². The topological polar surface area (TPSA) is 87.7 Å². The SMILES string of the molecule is CCCCCCCCN(C(=O)C(CCSC)NC(=O)OC(C)(C)C)C(C(=O)Nc1c(C)cccc1Cl)c1ccc(C)cc1C. The van der Waals surface area contributed by atoms with Gasteiger partial charge in [-0.15, -0.1) is 0 Å². The number of nitrogens with zero attached hydrogens (tertiary/aromatic N) is 1. The van der Waals surface area contributed by atoms with Gasteiger partial charge in [0.25, 0.3) is 5.91 Å². The number of carbonyl (C=O) groups excluding carboxylic acids is 3. The third-order valence-corrected chi connectivity index (χ3v) is 8.34. The summed E-state index contributed by atoms with van der Waals surface area (Å²) < 4.78 is 5.52. The molecule has 0 saturated carbocycles. The molecule has 2 unspecified atom stereocenters. The van der Waals surface area contributed by atoms with Gasteiger partial charge in [0.1, 0.15) is 17.7 Å². The number of halogens is 1. The summed E-state index contributed by atoms with van der Waals surface area (Å²) in [6, 6.07) is 9.56. The van der Waals surface area contributed by atoms with Gasteiger partial charge >= 0.3 is 6.09 Å². The van der Waals surface area contributed by atoms with Crippen molar-refractivity contribution in [2.45, 2.75) is 111 Å². The Morgan fingerprint density at radius 2 is 1.66 bits per heavy atom. The summed E-state index contributed by atoms with van der Waals surface area (Å²) >= 11 is 8.11. The van der Waals surface area contributed by atoms with Gasteiger partial charge in [-0.05, 0) is 89.1 Å². The molecule has 2 rings (SSSR count). The van der Waals surface area contributed by atoms with Gasteiger partial charge in [0.2, 0.25) is 5.91 Å². The van der Waals surface area contributed by atoms with Crippen LogP contribution in [0.1, 0.15) is 101 Å². The number of unbranched alkanes of at least 4 members (excludes halogenated alkanes) is 5. The second-order valence-electron chi connectivity index (χ2n) is 12.5. The number of carbonyl (C=O) groups is 3. The highest BCUT2D eigenvalue weighted by Gasteiger charge is 2.37. The number of aryl methyl sites for hydroxylation is 3. The van der Waals surface area contributed by atoms with Gasteiger partial charge in [0.05, 0.1) is 10.7 Å². The smallest absolute Gasteiger partial charge is 0.408 e. The van der Waals surface area contributed by atoms with Crippen LogP contribution in [0.4, 0.5) is 10.5 Å². The fourth-order valence-electron chi connectivity index (χ4n) is 5.14. The Balaban J connectivity index is 2.59. The lowest BCUT2D eigenvalue weighted by molar-refractivity contribution is -0.141. The molecule has 2 aromatic rings. The van der Waals surface area contributed by atoms with Crippen LogP contribution in [0.5, 0.6) is 0 Å². The normalized spacial score (nSPS) is 12.8. The first kappa shape index (κ1) is 37.5. The Morgan fingerprint density at radius 1 is 0.977 bits per heavy atom. The molecule has 2 atom stereocenters. The molecule has 0 radical (unpaired) electrons. The van der Waals surface area contributed by atoms with E-state index in [0.29, 0.717) is 29.4 Å². The number of ether oxygens (including phenoxy) is 1. The zero-order valence-corrected chi connectivity index (χ0v) is 29.4. The van der Waals surface area contributed by atoms with Crippen molar-refractivity contribution in [2.24, 2.45) is 0 Å². The largest absolute Gasteiger partial charge is 0.444 e. The maximum atomic E-state index is 14.5. The lowest BCUT2D eigenvalue weighted by atomic mass is 9.95. The van der Waals surface area contributed by atoms with Gasteiger partial charge in [0, 0.05) is 6.54 Å². The van der Waals surface area contributed by atoms with Gasteiger partial charge in [-0.25, -0.2) is 4.79 Å². The standard InChI is InChI=1S/C35H52ClN3O4S/c1-9-10-11-12-13-14-21-39(33(41)29(20-22-44-8)37-34(42)43-35(5,6)7)31(27-19-18-24(2)23-26(27)4)32(40)38-30-25(3)16-15-17-28(30)36/h15-19,23,29,31H,9-14,20-22H2,1-8H3,(H,37,42)(H,38,40). The molecule has 2 aromatic carbocycles. The third kappa shape index (κ3) is 12.0. The monoisotopic (exact) mass is 645 g/mol. The Bertz CT molecular complexity index is 1230. The molecule has 44 heavy (non-hydrogen) atoms.